The van der Waals surface area contributed by atoms with E-state index in [9.17, 15) is 10.2 Å². The summed E-state index contributed by atoms with van der Waals surface area (Å²) >= 11 is 0. The van der Waals surface area contributed by atoms with E-state index in [4.69, 9.17) is 12.2 Å². The van der Waals surface area contributed by atoms with E-state index in [1.807, 2.05) is 0 Å². The van der Waals surface area contributed by atoms with Crippen molar-refractivity contribution in [1.82, 2.24) is 0 Å². The number of aliphatic hydroxyl groups is 2. The van der Waals surface area contributed by atoms with Gasteiger partial charge >= 0.3 is 0 Å². The molecule has 3 unspecified atom stereocenters. The first-order chi connectivity index (χ1) is 10.8. The molecule has 0 aromatic carbocycles. The van der Waals surface area contributed by atoms with Crippen molar-refractivity contribution in [2.75, 3.05) is 0 Å². The molecule has 8 atom stereocenters. The Balaban J connectivity index is 1.65. The van der Waals surface area contributed by atoms with E-state index in [2.05, 4.69) is 12.8 Å². The maximum absolute atomic E-state index is 11.0. The second-order valence-corrected chi connectivity index (χ2v) is 9.19. The van der Waals surface area contributed by atoms with Gasteiger partial charge < -0.3 is 15.9 Å². The van der Waals surface area contributed by atoms with Crippen LogP contribution in [0.2, 0.25) is 0 Å². The molecule has 4 saturated carbocycles. The van der Waals surface area contributed by atoms with E-state index < -0.39 is 5.60 Å². The smallest absolute Gasteiger partial charge is 0.130 e. The van der Waals surface area contributed by atoms with Gasteiger partial charge in [0, 0.05) is 11.0 Å². The molecule has 128 valence electrons. The maximum atomic E-state index is 11.0. The Kier molecular flexibility index (Phi) is 3.45. The number of hydrogen-bond donors (Lipinski definition) is 3. The highest BCUT2D eigenvalue weighted by molar-refractivity contribution is 5.24. The molecule has 0 aromatic heterocycles. The van der Waals surface area contributed by atoms with E-state index in [0.29, 0.717) is 23.7 Å². The molecule has 4 N–H and O–H groups in total. The van der Waals surface area contributed by atoms with Gasteiger partial charge in [-0.2, -0.15) is 0 Å². The standard InChI is InChI=1S/C20H31NO2/c1-3-19(23)10-8-16-15-5-4-13-12-14(22)6-11-20(13,21)17(15)7-9-18(16,19)2/h1,13-17,22-23H,4-12,21H2,2H3/t13-,14+,15?,16?,17?,18-,19-,20+/m0/s1. The van der Waals surface area contributed by atoms with E-state index in [0.717, 1.165) is 51.4 Å². The lowest BCUT2D eigenvalue weighted by molar-refractivity contribution is -0.119. The molecule has 0 amide bonds. The minimum absolute atomic E-state index is 0.0969. The largest absolute Gasteiger partial charge is 0.393 e. The fourth-order valence-corrected chi connectivity index (χ4v) is 7.17. The van der Waals surface area contributed by atoms with Crippen LogP contribution in [0.15, 0.2) is 0 Å². The van der Waals surface area contributed by atoms with Gasteiger partial charge in [-0.15, -0.1) is 6.42 Å². The van der Waals surface area contributed by atoms with Crippen LogP contribution in [-0.4, -0.2) is 27.5 Å². The van der Waals surface area contributed by atoms with E-state index in [1.165, 1.54) is 6.42 Å². The Morgan fingerprint density at radius 1 is 1.04 bits per heavy atom. The second kappa shape index (κ2) is 4.97. The summed E-state index contributed by atoms with van der Waals surface area (Å²) in [4.78, 5) is 0. The van der Waals surface area contributed by atoms with Crippen molar-refractivity contribution in [1.29, 1.82) is 0 Å². The summed E-state index contributed by atoms with van der Waals surface area (Å²) in [6.07, 6.45) is 14.5. The van der Waals surface area contributed by atoms with Crippen molar-refractivity contribution in [3.05, 3.63) is 0 Å². The van der Waals surface area contributed by atoms with Crippen molar-refractivity contribution in [2.45, 2.75) is 82.0 Å². The van der Waals surface area contributed by atoms with E-state index in [1.54, 1.807) is 0 Å². The molecule has 0 aromatic rings. The molecule has 0 aliphatic heterocycles. The average molecular weight is 317 g/mol. The summed E-state index contributed by atoms with van der Waals surface area (Å²) in [5.74, 6) is 4.88. The Bertz CT molecular complexity index is 542. The number of nitrogens with two attached hydrogens (primary N) is 1. The van der Waals surface area contributed by atoms with Gasteiger partial charge in [0.25, 0.3) is 0 Å². The number of rotatable bonds is 0. The lowest BCUT2D eigenvalue weighted by atomic mass is 9.47. The highest BCUT2D eigenvalue weighted by atomic mass is 16.3. The SMILES string of the molecule is C#C[C@]1(O)CCC2C3CC[C@H]4C[C@H](O)CC[C@]4(N)C3CC[C@@]21C. The number of hydrogen-bond acceptors (Lipinski definition) is 3. The first-order valence-corrected chi connectivity index (χ1v) is 9.51. The molecule has 4 aliphatic carbocycles. The van der Waals surface area contributed by atoms with Crippen LogP contribution in [0.3, 0.4) is 0 Å². The van der Waals surface area contributed by atoms with Crippen LogP contribution in [-0.2, 0) is 0 Å². The number of fused-ring (bicyclic) bond motifs is 5. The third-order valence-electron chi connectivity index (χ3n) is 8.59. The maximum Gasteiger partial charge on any atom is 0.130 e. The Morgan fingerprint density at radius 3 is 2.52 bits per heavy atom. The molecule has 3 heteroatoms. The summed E-state index contributed by atoms with van der Waals surface area (Å²) in [5, 5.41) is 21.0. The van der Waals surface area contributed by atoms with Crippen molar-refractivity contribution in [2.24, 2.45) is 34.8 Å². The van der Waals surface area contributed by atoms with Gasteiger partial charge in [0.1, 0.15) is 5.60 Å². The fourth-order valence-electron chi connectivity index (χ4n) is 7.17. The molecule has 3 nitrogen and oxygen atoms in total. The zero-order valence-electron chi connectivity index (χ0n) is 14.3. The van der Waals surface area contributed by atoms with Crippen LogP contribution in [0.5, 0.6) is 0 Å². The van der Waals surface area contributed by atoms with Crippen molar-refractivity contribution >= 4 is 0 Å². The molecule has 0 heterocycles. The molecule has 4 rings (SSSR count). The molecule has 4 fully saturated rings. The Hall–Kier alpha value is -0.560. The van der Waals surface area contributed by atoms with Gasteiger partial charge in [0.05, 0.1) is 6.10 Å². The monoisotopic (exact) mass is 317 g/mol. The van der Waals surface area contributed by atoms with E-state index >= 15 is 0 Å². The summed E-state index contributed by atoms with van der Waals surface area (Å²) < 4.78 is 0. The predicted octanol–water partition coefficient (Wildman–Crippen LogP) is 2.45. The topological polar surface area (TPSA) is 66.5 Å². The molecular formula is C20H31NO2. The van der Waals surface area contributed by atoms with Crippen LogP contribution in [0.4, 0.5) is 0 Å². The average Bonchev–Trinajstić information content (AvgIpc) is 2.80. The second-order valence-electron chi connectivity index (χ2n) is 9.19. The fraction of sp³-hybridized carbons (Fsp3) is 0.900. The van der Waals surface area contributed by atoms with Gasteiger partial charge in [0.2, 0.25) is 0 Å². The van der Waals surface area contributed by atoms with Crippen LogP contribution in [0.1, 0.15) is 64.7 Å². The quantitative estimate of drug-likeness (QED) is 0.601. The molecular weight excluding hydrogens is 286 g/mol. The lowest BCUT2D eigenvalue weighted by Crippen LogP contribution is -2.64. The lowest BCUT2D eigenvalue weighted by Gasteiger charge is -2.60. The predicted molar refractivity (Wildman–Crippen MR) is 90.3 cm³/mol. The van der Waals surface area contributed by atoms with Crippen molar-refractivity contribution in [3.8, 4) is 12.3 Å². The third kappa shape index (κ3) is 1.95. The Labute approximate surface area is 140 Å². The first kappa shape index (κ1) is 15.9. The number of terminal acetylenes is 1. The van der Waals surface area contributed by atoms with Crippen molar-refractivity contribution < 1.29 is 10.2 Å². The molecule has 0 radical (unpaired) electrons. The van der Waals surface area contributed by atoms with E-state index in [-0.39, 0.29) is 17.1 Å². The highest BCUT2D eigenvalue weighted by Crippen LogP contribution is 2.65. The van der Waals surface area contributed by atoms with Gasteiger partial charge in [0.15, 0.2) is 0 Å². The molecule has 4 aliphatic rings. The minimum atomic E-state index is -0.927. The van der Waals surface area contributed by atoms with Crippen LogP contribution < -0.4 is 5.73 Å². The Morgan fingerprint density at radius 2 is 1.78 bits per heavy atom. The van der Waals surface area contributed by atoms with Gasteiger partial charge in [-0.25, -0.2) is 0 Å². The molecule has 0 saturated heterocycles. The summed E-state index contributed by atoms with van der Waals surface area (Å²) in [6, 6.07) is 0. The minimum Gasteiger partial charge on any atom is -0.393 e. The van der Waals surface area contributed by atoms with Crippen LogP contribution in [0.25, 0.3) is 0 Å². The molecule has 0 spiro atoms. The molecule has 23 heavy (non-hydrogen) atoms. The van der Waals surface area contributed by atoms with Crippen molar-refractivity contribution in [3.63, 3.8) is 0 Å². The highest BCUT2D eigenvalue weighted by Gasteiger charge is 2.64. The third-order valence-corrected chi connectivity index (χ3v) is 8.59. The zero-order chi connectivity index (χ0) is 16.5. The summed E-state index contributed by atoms with van der Waals surface area (Å²) in [5.41, 5.74) is 5.83. The normalized spacial score (nSPS) is 58.7. The number of aliphatic hydroxyl groups excluding tert-OH is 1. The summed E-state index contributed by atoms with van der Waals surface area (Å²) in [6.45, 7) is 2.22. The van der Waals surface area contributed by atoms with Crippen LogP contribution in [0, 0.1) is 41.4 Å². The zero-order valence-corrected chi connectivity index (χ0v) is 14.3. The molecule has 0 bridgehead atoms. The summed E-state index contributed by atoms with van der Waals surface area (Å²) in [7, 11) is 0. The van der Waals surface area contributed by atoms with Crippen LogP contribution >= 0.6 is 0 Å². The van der Waals surface area contributed by atoms with Gasteiger partial charge in [-0.1, -0.05) is 12.8 Å². The van der Waals surface area contributed by atoms with Gasteiger partial charge in [-0.05, 0) is 81.5 Å². The van der Waals surface area contributed by atoms with Gasteiger partial charge in [-0.3, -0.25) is 0 Å². The first-order valence-electron chi connectivity index (χ1n) is 9.51.